The van der Waals surface area contributed by atoms with Gasteiger partial charge in [-0.3, -0.25) is 14.5 Å². The van der Waals surface area contributed by atoms with E-state index in [2.05, 4.69) is 4.98 Å². The van der Waals surface area contributed by atoms with Crippen LogP contribution in [0.1, 0.15) is 40.4 Å². The van der Waals surface area contributed by atoms with E-state index in [1.165, 1.54) is 11.3 Å². The van der Waals surface area contributed by atoms with E-state index in [4.69, 9.17) is 9.52 Å². The lowest BCUT2D eigenvalue weighted by Gasteiger charge is -2.25. The van der Waals surface area contributed by atoms with Crippen LogP contribution in [0.5, 0.6) is 0 Å². The Bertz CT molecular complexity index is 829. The van der Waals surface area contributed by atoms with Gasteiger partial charge in [-0.25, -0.2) is 4.98 Å². The predicted molar refractivity (Wildman–Crippen MR) is 103 cm³/mol. The number of carboxylic acids is 1. The summed E-state index contributed by atoms with van der Waals surface area (Å²) in [5.41, 5.74) is 0.720. The van der Waals surface area contributed by atoms with Gasteiger partial charge in [0.25, 0.3) is 5.91 Å². The largest absolute Gasteiger partial charge is 0.480 e. The van der Waals surface area contributed by atoms with Crippen LogP contribution in [-0.4, -0.2) is 64.5 Å². The van der Waals surface area contributed by atoms with Crippen LogP contribution in [0.3, 0.4) is 0 Å². The molecule has 7 nitrogen and oxygen atoms in total. The number of carbonyl (C=O) groups excluding carboxylic acids is 1. The molecule has 1 fully saturated rings. The molecular formula is C19H25N3O4S. The summed E-state index contributed by atoms with van der Waals surface area (Å²) in [7, 11) is 1.83. The van der Waals surface area contributed by atoms with E-state index in [1.807, 2.05) is 42.8 Å². The van der Waals surface area contributed by atoms with E-state index in [0.717, 1.165) is 35.7 Å². The minimum Gasteiger partial charge on any atom is -0.480 e. The molecule has 0 bridgehead atoms. The van der Waals surface area contributed by atoms with E-state index in [9.17, 15) is 9.59 Å². The van der Waals surface area contributed by atoms with Crippen molar-refractivity contribution in [2.45, 2.75) is 39.2 Å². The third-order valence-corrected chi connectivity index (χ3v) is 6.09. The average molecular weight is 391 g/mol. The van der Waals surface area contributed by atoms with Crippen LogP contribution in [0.2, 0.25) is 0 Å². The Morgan fingerprint density at radius 3 is 2.78 bits per heavy atom. The zero-order valence-corrected chi connectivity index (χ0v) is 16.7. The number of nitrogens with zero attached hydrogens (tertiary/aromatic N) is 3. The summed E-state index contributed by atoms with van der Waals surface area (Å²) in [4.78, 5) is 32.9. The van der Waals surface area contributed by atoms with Gasteiger partial charge in [0, 0.05) is 19.1 Å². The molecule has 1 aliphatic heterocycles. The Balaban J connectivity index is 1.69. The summed E-state index contributed by atoms with van der Waals surface area (Å²) in [6.45, 7) is 5.07. The van der Waals surface area contributed by atoms with Gasteiger partial charge in [0.1, 0.15) is 10.6 Å². The number of thiazole rings is 1. The van der Waals surface area contributed by atoms with Gasteiger partial charge < -0.3 is 14.4 Å². The lowest BCUT2D eigenvalue weighted by atomic mass is 10.1. The molecule has 1 atom stereocenters. The van der Waals surface area contributed by atoms with Crippen molar-refractivity contribution in [1.82, 2.24) is 14.8 Å². The number of aliphatic carboxylic acids is 1. The second kappa shape index (κ2) is 8.22. The minimum absolute atomic E-state index is 0.000987. The van der Waals surface area contributed by atoms with Crippen LogP contribution in [0.25, 0.3) is 10.8 Å². The van der Waals surface area contributed by atoms with Crippen LogP contribution in [0.15, 0.2) is 16.5 Å². The van der Waals surface area contributed by atoms with Crippen molar-refractivity contribution in [2.75, 3.05) is 26.7 Å². The zero-order valence-electron chi connectivity index (χ0n) is 15.9. The van der Waals surface area contributed by atoms with Crippen LogP contribution in [0, 0.1) is 13.8 Å². The van der Waals surface area contributed by atoms with Gasteiger partial charge in [-0.15, -0.1) is 11.3 Å². The zero-order chi connectivity index (χ0) is 19.6. The van der Waals surface area contributed by atoms with E-state index >= 15 is 0 Å². The molecule has 0 saturated carbocycles. The number of hydrogen-bond acceptors (Lipinski definition) is 6. The number of likely N-dealkylation sites (tertiary alicyclic amines) is 1. The maximum absolute atomic E-state index is 13.0. The average Bonchev–Trinajstić information content (AvgIpc) is 3.11. The minimum atomic E-state index is -0.823. The third kappa shape index (κ3) is 4.56. The van der Waals surface area contributed by atoms with Crippen molar-refractivity contribution < 1.29 is 19.1 Å². The Kier molecular flexibility index (Phi) is 5.96. The number of aryl methyl sites for hydroxylation is 2. The van der Waals surface area contributed by atoms with Crippen LogP contribution in [-0.2, 0) is 4.79 Å². The fraction of sp³-hybridized carbons (Fsp3) is 0.526. The highest BCUT2D eigenvalue weighted by Crippen LogP contribution is 2.30. The number of rotatable bonds is 5. The normalized spacial score (nSPS) is 17.9. The fourth-order valence-electron chi connectivity index (χ4n) is 3.46. The van der Waals surface area contributed by atoms with Gasteiger partial charge in [0.05, 0.1) is 12.2 Å². The van der Waals surface area contributed by atoms with E-state index in [0.29, 0.717) is 23.7 Å². The van der Waals surface area contributed by atoms with Gasteiger partial charge in [-0.1, -0.05) is 0 Å². The first kappa shape index (κ1) is 19.6. The van der Waals surface area contributed by atoms with Crippen molar-refractivity contribution in [2.24, 2.45) is 0 Å². The second-order valence-electron chi connectivity index (χ2n) is 7.03. The van der Waals surface area contributed by atoms with Crippen molar-refractivity contribution in [1.29, 1.82) is 0 Å². The number of carboxylic acid groups (broad SMARTS) is 1. The van der Waals surface area contributed by atoms with Crippen LogP contribution in [0.4, 0.5) is 0 Å². The molecule has 1 N–H and O–H groups in total. The maximum Gasteiger partial charge on any atom is 0.317 e. The van der Waals surface area contributed by atoms with Gasteiger partial charge in [0.15, 0.2) is 10.8 Å². The maximum atomic E-state index is 13.0. The first-order valence-corrected chi connectivity index (χ1v) is 9.92. The van der Waals surface area contributed by atoms with Crippen molar-refractivity contribution in [3.8, 4) is 10.8 Å². The molecule has 3 rings (SSSR count). The molecule has 1 aliphatic rings. The molecular weight excluding hydrogens is 366 g/mol. The fourth-order valence-corrected chi connectivity index (χ4v) is 4.45. The molecule has 146 valence electrons. The summed E-state index contributed by atoms with van der Waals surface area (Å²) in [6, 6.07) is 3.94. The first-order chi connectivity index (χ1) is 12.8. The molecule has 3 heterocycles. The van der Waals surface area contributed by atoms with Gasteiger partial charge in [-0.05, 0) is 52.3 Å². The molecule has 0 aliphatic carbocycles. The number of hydrogen-bond donors (Lipinski definition) is 1. The van der Waals surface area contributed by atoms with Crippen LogP contribution < -0.4 is 0 Å². The van der Waals surface area contributed by atoms with E-state index in [1.54, 1.807) is 0 Å². The Labute approximate surface area is 162 Å². The molecule has 1 saturated heterocycles. The Morgan fingerprint density at radius 2 is 2.11 bits per heavy atom. The third-order valence-electron chi connectivity index (χ3n) is 4.93. The standard InChI is InChI=1S/C19H25N3O4S/c1-12-6-7-15(26-12)18-20-13(2)17(27-18)19(25)22-9-4-5-14(8-10-22)21(3)11-16(23)24/h6-7,14H,4-5,8-11H2,1-3H3,(H,23,24). The number of aromatic nitrogens is 1. The van der Waals surface area contributed by atoms with Gasteiger partial charge in [-0.2, -0.15) is 0 Å². The first-order valence-electron chi connectivity index (χ1n) is 9.10. The lowest BCUT2D eigenvalue weighted by Crippen LogP contribution is -2.37. The molecule has 2 aromatic rings. The number of furan rings is 1. The summed E-state index contributed by atoms with van der Waals surface area (Å²) in [5.74, 6) is 0.678. The number of carbonyl (C=O) groups is 2. The molecule has 0 aromatic carbocycles. The van der Waals surface area contributed by atoms with E-state index in [-0.39, 0.29) is 18.5 Å². The summed E-state index contributed by atoms with van der Waals surface area (Å²) in [6.07, 6.45) is 2.53. The Hall–Kier alpha value is -2.19. The molecule has 1 amide bonds. The quantitative estimate of drug-likeness (QED) is 0.843. The predicted octanol–water partition coefficient (Wildman–Crippen LogP) is 3.03. The van der Waals surface area contributed by atoms with Crippen LogP contribution >= 0.6 is 11.3 Å². The monoisotopic (exact) mass is 391 g/mol. The summed E-state index contributed by atoms with van der Waals surface area (Å²) < 4.78 is 5.62. The summed E-state index contributed by atoms with van der Waals surface area (Å²) in [5, 5.41) is 9.70. The molecule has 27 heavy (non-hydrogen) atoms. The lowest BCUT2D eigenvalue weighted by molar-refractivity contribution is -0.138. The molecule has 0 spiro atoms. The van der Waals surface area contributed by atoms with Gasteiger partial charge in [0.2, 0.25) is 0 Å². The number of likely N-dealkylation sites (N-methyl/N-ethyl adjacent to an activating group) is 1. The second-order valence-corrected chi connectivity index (χ2v) is 8.03. The Morgan fingerprint density at radius 1 is 1.33 bits per heavy atom. The molecule has 8 heteroatoms. The topological polar surface area (TPSA) is 86.9 Å². The SMILES string of the molecule is Cc1ccc(-c2nc(C)c(C(=O)N3CCCC(N(C)CC(=O)O)CC3)s2)o1. The highest BCUT2D eigenvalue weighted by atomic mass is 32.1. The summed E-state index contributed by atoms with van der Waals surface area (Å²) >= 11 is 1.37. The smallest absolute Gasteiger partial charge is 0.317 e. The highest BCUT2D eigenvalue weighted by molar-refractivity contribution is 7.17. The van der Waals surface area contributed by atoms with Crippen molar-refractivity contribution in [3.63, 3.8) is 0 Å². The highest BCUT2D eigenvalue weighted by Gasteiger charge is 2.27. The van der Waals surface area contributed by atoms with Crippen molar-refractivity contribution in [3.05, 3.63) is 28.5 Å². The van der Waals surface area contributed by atoms with Crippen molar-refractivity contribution >= 4 is 23.2 Å². The molecule has 2 aromatic heterocycles. The number of amides is 1. The van der Waals surface area contributed by atoms with E-state index < -0.39 is 5.97 Å². The molecule has 1 unspecified atom stereocenters. The molecule has 0 radical (unpaired) electrons. The van der Waals surface area contributed by atoms with Gasteiger partial charge >= 0.3 is 5.97 Å².